The Kier molecular flexibility index (Phi) is 6.46. The third-order valence-electron chi connectivity index (χ3n) is 3.43. The monoisotopic (exact) mass is 372 g/mol. The van der Waals surface area contributed by atoms with E-state index in [4.69, 9.17) is 25.2 Å². The molecule has 0 radical (unpaired) electrons. The highest BCUT2D eigenvalue weighted by Gasteiger charge is 2.14. The molecule has 1 atom stereocenters. The predicted molar refractivity (Wildman–Crippen MR) is 93.3 cm³/mol. The number of hydrogen-bond acceptors (Lipinski definition) is 6. The van der Waals surface area contributed by atoms with Crippen molar-refractivity contribution in [3.8, 4) is 23.3 Å². The molecule has 140 valence electrons. The molecule has 0 fully saturated rings. The first kappa shape index (κ1) is 19.9. The van der Waals surface area contributed by atoms with Crippen molar-refractivity contribution < 1.29 is 28.2 Å². The molecule has 0 spiro atoms. The SMILES string of the molecule is COCC(C)Oc1cc(Oc2ccc(C(=O)C#N)cc2F)cc(C(N)=O)c1. The number of ketones is 1. The number of primary amides is 1. The molecule has 2 aromatic carbocycles. The smallest absolute Gasteiger partial charge is 0.262 e. The average Bonchev–Trinajstić information content (AvgIpc) is 2.62. The largest absolute Gasteiger partial charge is 0.488 e. The summed E-state index contributed by atoms with van der Waals surface area (Å²) in [7, 11) is 1.53. The van der Waals surface area contributed by atoms with Crippen LogP contribution in [0.4, 0.5) is 4.39 Å². The first-order valence-electron chi connectivity index (χ1n) is 7.86. The van der Waals surface area contributed by atoms with Crippen LogP contribution in [0.15, 0.2) is 36.4 Å². The van der Waals surface area contributed by atoms with Gasteiger partial charge in [-0.3, -0.25) is 9.59 Å². The summed E-state index contributed by atoms with van der Waals surface area (Å²) in [4.78, 5) is 22.8. The number of amides is 1. The van der Waals surface area contributed by atoms with Gasteiger partial charge in [0.1, 0.15) is 23.7 Å². The Hall–Kier alpha value is -3.44. The van der Waals surface area contributed by atoms with Crippen LogP contribution < -0.4 is 15.2 Å². The van der Waals surface area contributed by atoms with Crippen LogP contribution in [0.5, 0.6) is 17.2 Å². The summed E-state index contributed by atoms with van der Waals surface area (Å²) in [6, 6.07) is 9.02. The minimum absolute atomic E-state index is 0.0920. The number of methoxy groups -OCH3 is 1. The summed E-state index contributed by atoms with van der Waals surface area (Å²) in [5.41, 5.74) is 5.34. The maximum absolute atomic E-state index is 14.2. The van der Waals surface area contributed by atoms with Gasteiger partial charge in [-0.1, -0.05) is 0 Å². The van der Waals surface area contributed by atoms with Crippen LogP contribution in [-0.4, -0.2) is 31.5 Å². The second-order valence-corrected chi connectivity index (χ2v) is 5.63. The Labute approximate surface area is 155 Å². The van der Waals surface area contributed by atoms with Crippen molar-refractivity contribution in [1.29, 1.82) is 5.26 Å². The Bertz CT molecular complexity index is 907. The number of benzene rings is 2. The lowest BCUT2D eigenvalue weighted by Gasteiger charge is -2.16. The van der Waals surface area contributed by atoms with Crippen LogP contribution >= 0.6 is 0 Å². The zero-order valence-electron chi connectivity index (χ0n) is 14.7. The second-order valence-electron chi connectivity index (χ2n) is 5.63. The van der Waals surface area contributed by atoms with E-state index in [0.717, 1.165) is 6.07 Å². The van der Waals surface area contributed by atoms with Crippen LogP contribution in [0.3, 0.4) is 0 Å². The number of nitrogens with zero attached hydrogens (tertiary/aromatic N) is 1. The van der Waals surface area contributed by atoms with E-state index < -0.39 is 17.5 Å². The molecule has 0 aromatic heterocycles. The van der Waals surface area contributed by atoms with Crippen LogP contribution in [0.25, 0.3) is 0 Å². The molecule has 0 saturated heterocycles. The molecular weight excluding hydrogens is 355 g/mol. The summed E-state index contributed by atoms with van der Waals surface area (Å²) in [6.45, 7) is 2.09. The van der Waals surface area contributed by atoms with E-state index in [2.05, 4.69) is 0 Å². The highest BCUT2D eigenvalue weighted by atomic mass is 19.1. The Morgan fingerprint density at radius 3 is 2.48 bits per heavy atom. The van der Waals surface area contributed by atoms with E-state index in [1.807, 2.05) is 0 Å². The van der Waals surface area contributed by atoms with Gasteiger partial charge < -0.3 is 19.9 Å². The zero-order chi connectivity index (χ0) is 20.0. The lowest BCUT2D eigenvalue weighted by Crippen LogP contribution is -2.18. The molecule has 2 aromatic rings. The summed E-state index contributed by atoms with van der Waals surface area (Å²) in [5.74, 6) is -2.19. The minimum Gasteiger partial charge on any atom is -0.488 e. The normalized spacial score (nSPS) is 11.3. The molecule has 0 aliphatic heterocycles. The number of carbonyl (C=O) groups excluding carboxylic acids is 2. The Morgan fingerprint density at radius 1 is 1.19 bits per heavy atom. The third kappa shape index (κ3) is 5.26. The highest BCUT2D eigenvalue weighted by molar-refractivity contribution is 6.07. The van der Waals surface area contributed by atoms with E-state index in [0.29, 0.717) is 12.4 Å². The number of nitriles is 1. The number of rotatable bonds is 8. The van der Waals surface area contributed by atoms with E-state index in [1.165, 1.54) is 43.5 Å². The van der Waals surface area contributed by atoms with Crippen molar-refractivity contribution >= 4 is 11.7 Å². The van der Waals surface area contributed by atoms with E-state index in [-0.39, 0.29) is 28.7 Å². The summed E-state index contributed by atoms with van der Waals surface area (Å²) >= 11 is 0. The molecule has 0 aliphatic rings. The molecule has 8 heteroatoms. The maximum Gasteiger partial charge on any atom is 0.262 e. The van der Waals surface area contributed by atoms with Crippen LogP contribution in [0.1, 0.15) is 27.6 Å². The molecule has 1 amide bonds. The maximum atomic E-state index is 14.2. The Balaban J connectivity index is 2.32. The van der Waals surface area contributed by atoms with Crippen molar-refractivity contribution in [2.75, 3.05) is 13.7 Å². The van der Waals surface area contributed by atoms with Crippen molar-refractivity contribution in [3.05, 3.63) is 53.3 Å². The van der Waals surface area contributed by atoms with E-state index in [9.17, 15) is 14.0 Å². The van der Waals surface area contributed by atoms with Gasteiger partial charge in [0.05, 0.1) is 6.61 Å². The standard InChI is InChI=1S/C19H17FN2O5/c1-11(10-25-2)26-14-5-13(19(22)24)6-15(8-14)27-18-4-3-12(7-16(18)20)17(23)9-21/h3-8,11H,10H2,1-2H3,(H2,22,24). The molecule has 0 heterocycles. The van der Waals surface area contributed by atoms with Gasteiger partial charge in [0.25, 0.3) is 5.78 Å². The third-order valence-corrected chi connectivity index (χ3v) is 3.43. The van der Waals surface area contributed by atoms with Gasteiger partial charge in [-0.05, 0) is 37.3 Å². The number of carbonyl (C=O) groups is 2. The van der Waals surface area contributed by atoms with Crippen molar-refractivity contribution in [1.82, 2.24) is 0 Å². The zero-order valence-corrected chi connectivity index (χ0v) is 14.7. The van der Waals surface area contributed by atoms with Crippen molar-refractivity contribution in [2.24, 2.45) is 5.73 Å². The number of nitrogens with two attached hydrogens (primary N) is 1. The summed E-state index contributed by atoms with van der Waals surface area (Å²) in [6.07, 6.45) is -0.306. The fourth-order valence-electron chi connectivity index (χ4n) is 2.26. The van der Waals surface area contributed by atoms with Gasteiger partial charge in [-0.15, -0.1) is 0 Å². The van der Waals surface area contributed by atoms with Gasteiger partial charge in [0, 0.05) is 24.3 Å². The molecule has 27 heavy (non-hydrogen) atoms. The molecule has 0 aliphatic carbocycles. The van der Waals surface area contributed by atoms with Crippen LogP contribution in [0.2, 0.25) is 0 Å². The molecule has 1 unspecified atom stereocenters. The first-order chi connectivity index (χ1) is 12.8. The summed E-state index contributed by atoms with van der Waals surface area (Å²) in [5, 5.41) is 8.59. The quantitative estimate of drug-likeness (QED) is 0.563. The topological polar surface area (TPSA) is 112 Å². The lowest BCUT2D eigenvalue weighted by molar-refractivity contribution is 0.0914. The van der Waals surface area contributed by atoms with Gasteiger partial charge in [0.15, 0.2) is 11.6 Å². The minimum atomic E-state index is -0.862. The molecule has 0 bridgehead atoms. The van der Waals surface area contributed by atoms with Crippen LogP contribution in [-0.2, 0) is 4.74 Å². The van der Waals surface area contributed by atoms with Gasteiger partial charge in [0.2, 0.25) is 5.91 Å². The molecular formula is C19H17FN2O5. The summed E-state index contributed by atoms with van der Waals surface area (Å²) < 4.78 is 30.3. The average molecular weight is 372 g/mol. The van der Waals surface area contributed by atoms with E-state index in [1.54, 1.807) is 6.92 Å². The Morgan fingerprint density at radius 2 is 1.89 bits per heavy atom. The number of Topliss-reactive ketones (excluding diaryl/α,β-unsaturated/α-hetero) is 1. The number of halogens is 1. The van der Waals surface area contributed by atoms with Gasteiger partial charge >= 0.3 is 0 Å². The predicted octanol–water partition coefficient (Wildman–Crippen LogP) is 2.84. The molecule has 2 rings (SSSR count). The van der Waals surface area contributed by atoms with Crippen molar-refractivity contribution in [3.63, 3.8) is 0 Å². The van der Waals surface area contributed by atoms with Gasteiger partial charge in [-0.2, -0.15) is 5.26 Å². The van der Waals surface area contributed by atoms with Gasteiger partial charge in [-0.25, -0.2) is 4.39 Å². The molecule has 2 N–H and O–H groups in total. The number of ether oxygens (including phenoxy) is 3. The fourth-order valence-corrected chi connectivity index (χ4v) is 2.26. The lowest BCUT2D eigenvalue weighted by atomic mass is 10.1. The molecule has 0 saturated carbocycles. The highest BCUT2D eigenvalue weighted by Crippen LogP contribution is 2.30. The van der Waals surface area contributed by atoms with E-state index >= 15 is 0 Å². The number of hydrogen-bond donors (Lipinski definition) is 1. The van der Waals surface area contributed by atoms with Crippen molar-refractivity contribution in [2.45, 2.75) is 13.0 Å². The fraction of sp³-hybridized carbons (Fsp3) is 0.211. The second kappa shape index (κ2) is 8.78. The molecule has 7 nitrogen and oxygen atoms in total. The first-order valence-corrected chi connectivity index (χ1v) is 7.86. The van der Waals surface area contributed by atoms with Crippen LogP contribution in [0, 0.1) is 17.1 Å².